The number of ether oxygens (including phenoxy) is 1. The van der Waals surface area contributed by atoms with Crippen molar-refractivity contribution in [3.8, 4) is 0 Å². The molecule has 0 N–H and O–H groups in total. The molecule has 0 aromatic rings. The highest BCUT2D eigenvalue weighted by Crippen LogP contribution is 1.93. The number of rotatable bonds is 0. The van der Waals surface area contributed by atoms with Crippen molar-refractivity contribution in [2.45, 2.75) is 0 Å². The lowest BCUT2D eigenvalue weighted by Crippen LogP contribution is -2.07. The second-order valence-electron chi connectivity index (χ2n) is 0.838. The standard InChI is InChI=1S/C2H2N2O3.FH/c5-2-6-1-3-4-7-2;/h1H2;1H. The molecule has 0 radical (unpaired) electrons. The molecular formula is C2H3FN2O3. The number of carbonyl (C=O) groups is 1. The van der Waals surface area contributed by atoms with Crippen molar-refractivity contribution in [2.24, 2.45) is 10.4 Å². The van der Waals surface area contributed by atoms with Crippen LogP contribution >= 0.6 is 0 Å². The fraction of sp³-hybridized carbons (Fsp3) is 0.500. The summed E-state index contributed by atoms with van der Waals surface area (Å²) in [5.41, 5.74) is 0. The van der Waals surface area contributed by atoms with Crippen LogP contribution in [0.2, 0.25) is 0 Å². The van der Waals surface area contributed by atoms with Gasteiger partial charge in [0, 0.05) is 5.28 Å². The average molecular weight is 122 g/mol. The van der Waals surface area contributed by atoms with Crippen LogP contribution in [0.15, 0.2) is 10.4 Å². The summed E-state index contributed by atoms with van der Waals surface area (Å²) < 4.78 is 4.16. The molecule has 5 nitrogen and oxygen atoms in total. The van der Waals surface area contributed by atoms with Gasteiger partial charge in [-0.2, -0.15) is 0 Å². The first-order chi connectivity index (χ1) is 3.39. The molecule has 0 aromatic carbocycles. The summed E-state index contributed by atoms with van der Waals surface area (Å²) in [6.45, 7) is -0.0289. The number of cyclic esters (lactones) is 1. The van der Waals surface area contributed by atoms with Gasteiger partial charge < -0.3 is 4.74 Å². The second kappa shape index (κ2) is 2.89. The highest BCUT2D eigenvalue weighted by molar-refractivity contribution is 5.59. The van der Waals surface area contributed by atoms with Gasteiger partial charge in [0.1, 0.15) is 0 Å². The molecule has 0 saturated heterocycles. The molecule has 1 aliphatic heterocycles. The molecule has 8 heavy (non-hydrogen) atoms. The molecule has 1 rings (SSSR count). The van der Waals surface area contributed by atoms with Crippen molar-refractivity contribution in [1.82, 2.24) is 0 Å². The maximum absolute atomic E-state index is 9.86. The zero-order valence-corrected chi connectivity index (χ0v) is 3.73. The quantitative estimate of drug-likeness (QED) is 0.442. The summed E-state index contributed by atoms with van der Waals surface area (Å²) in [4.78, 5) is 13.7. The maximum Gasteiger partial charge on any atom is 0.538 e. The summed E-state index contributed by atoms with van der Waals surface area (Å²) >= 11 is 0. The Morgan fingerprint density at radius 1 is 1.62 bits per heavy atom. The topological polar surface area (TPSA) is 60.2 Å². The molecule has 6 heteroatoms. The lowest BCUT2D eigenvalue weighted by atomic mass is 11.2. The van der Waals surface area contributed by atoms with E-state index in [9.17, 15) is 4.79 Å². The van der Waals surface area contributed by atoms with E-state index in [1.54, 1.807) is 0 Å². The van der Waals surface area contributed by atoms with Gasteiger partial charge in [-0.25, -0.2) is 4.79 Å². The lowest BCUT2D eigenvalue weighted by Gasteiger charge is -1.98. The van der Waals surface area contributed by atoms with Crippen molar-refractivity contribution in [3.05, 3.63) is 0 Å². The summed E-state index contributed by atoms with van der Waals surface area (Å²) in [5, 5.41) is 6.10. The molecule has 0 atom stereocenters. The molecule has 1 heterocycles. The van der Waals surface area contributed by atoms with Crippen LogP contribution in [0, 0.1) is 0 Å². The Morgan fingerprint density at radius 3 is 2.62 bits per heavy atom. The van der Waals surface area contributed by atoms with Crippen molar-refractivity contribution >= 4 is 6.16 Å². The minimum absolute atomic E-state index is 0. The van der Waals surface area contributed by atoms with Crippen molar-refractivity contribution in [2.75, 3.05) is 6.73 Å². The van der Waals surface area contributed by atoms with Gasteiger partial charge in [-0.1, -0.05) is 0 Å². The van der Waals surface area contributed by atoms with E-state index in [0.29, 0.717) is 0 Å². The first-order valence-corrected chi connectivity index (χ1v) is 1.60. The number of hydrogen-bond donors (Lipinski definition) is 0. The lowest BCUT2D eigenvalue weighted by molar-refractivity contribution is 0.0238. The summed E-state index contributed by atoms with van der Waals surface area (Å²) in [7, 11) is 0. The van der Waals surface area contributed by atoms with E-state index >= 15 is 0 Å². The Balaban J connectivity index is 0.000000490. The van der Waals surface area contributed by atoms with Gasteiger partial charge in [0.05, 0.1) is 0 Å². The summed E-state index contributed by atoms with van der Waals surface area (Å²) in [6.07, 6.45) is -0.796. The molecule has 0 unspecified atom stereocenters. The number of halogens is 1. The number of nitrogens with zero attached hydrogens (tertiary/aromatic N) is 2. The van der Waals surface area contributed by atoms with E-state index < -0.39 is 6.16 Å². The van der Waals surface area contributed by atoms with E-state index in [-0.39, 0.29) is 11.4 Å². The van der Waals surface area contributed by atoms with Crippen LogP contribution in [0.5, 0.6) is 0 Å². The van der Waals surface area contributed by atoms with E-state index in [2.05, 4.69) is 20.0 Å². The van der Waals surface area contributed by atoms with Crippen LogP contribution < -0.4 is 0 Å². The van der Waals surface area contributed by atoms with Crippen LogP contribution in [0.25, 0.3) is 0 Å². The van der Waals surface area contributed by atoms with Crippen molar-refractivity contribution in [3.63, 3.8) is 0 Å². The number of carbonyl (C=O) groups excluding carboxylic acids is 1. The fourth-order valence-corrected chi connectivity index (χ4v) is 0.194. The highest BCUT2D eigenvalue weighted by Gasteiger charge is 2.05. The Bertz CT molecular complexity index is 114. The monoisotopic (exact) mass is 122 g/mol. The molecule has 0 aliphatic carbocycles. The summed E-state index contributed by atoms with van der Waals surface area (Å²) in [5.74, 6) is 0. The van der Waals surface area contributed by atoms with Gasteiger partial charge in [0.2, 0.25) is 6.73 Å². The van der Waals surface area contributed by atoms with Gasteiger partial charge in [-0.15, -0.1) is 5.11 Å². The van der Waals surface area contributed by atoms with E-state index in [1.807, 2.05) is 0 Å². The molecule has 0 fully saturated rings. The third-order valence-corrected chi connectivity index (χ3v) is 0.413. The predicted molar refractivity (Wildman–Crippen MR) is 19.8 cm³/mol. The normalized spacial score (nSPS) is 15.8. The van der Waals surface area contributed by atoms with Crippen LogP contribution in [0.1, 0.15) is 0 Å². The highest BCUT2D eigenvalue weighted by atomic mass is 19.0. The molecule has 0 bridgehead atoms. The van der Waals surface area contributed by atoms with E-state index in [0.717, 1.165) is 0 Å². The zero-order valence-electron chi connectivity index (χ0n) is 3.73. The minimum atomic E-state index is -0.796. The van der Waals surface area contributed by atoms with Gasteiger partial charge in [0.15, 0.2) is 0 Å². The minimum Gasteiger partial charge on any atom is -0.407 e. The molecule has 46 valence electrons. The summed E-state index contributed by atoms with van der Waals surface area (Å²) in [6, 6.07) is 0. The predicted octanol–water partition coefficient (Wildman–Crippen LogP) is 0.630. The van der Waals surface area contributed by atoms with Crippen molar-refractivity contribution < 1.29 is 19.1 Å². The Morgan fingerprint density at radius 2 is 2.38 bits per heavy atom. The molecule has 0 amide bonds. The first-order valence-electron chi connectivity index (χ1n) is 1.60. The van der Waals surface area contributed by atoms with Crippen LogP contribution in [0.3, 0.4) is 0 Å². The third kappa shape index (κ3) is 1.50. The third-order valence-electron chi connectivity index (χ3n) is 0.413. The van der Waals surface area contributed by atoms with Crippen LogP contribution in [-0.4, -0.2) is 12.9 Å². The zero-order chi connectivity index (χ0) is 5.11. The maximum atomic E-state index is 9.86. The molecule has 1 aliphatic rings. The average Bonchev–Trinajstić information content (AvgIpc) is 1.69. The smallest absolute Gasteiger partial charge is 0.407 e. The molecular weight excluding hydrogens is 119 g/mol. The Hall–Kier alpha value is -1.20. The van der Waals surface area contributed by atoms with Gasteiger partial charge in [-0.3, -0.25) is 9.54 Å². The van der Waals surface area contributed by atoms with Crippen molar-refractivity contribution in [1.29, 1.82) is 0 Å². The Kier molecular flexibility index (Phi) is 2.46. The van der Waals surface area contributed by atoms with Gasteiger partial charge in [0.25, 0.3) is 0 Å². The van der Waals surface area contributed by atoms with Gasteiger partial charge in [-0.05, 0) is 0 Å². The molecule has 0 spiro atoms. The molecule has 0 aromatic heterocycles. The fourth-order valence-electron chi connectivity index (χ4n) is 0.194. The van der Waals surface area contributed by atoms with Gasteiger partial charge >= 0.3 is 6.16 Å². The number of hydrogen-bond acceptors (Lipinski definition) is 5. The van der Waals surface area contributed by atoms with E-state index in [1.165, 1.54) is 0 Å². The SMILES string of the molecule is F.O=C1OCN=NO1. The largest absolute Gasteiger partial charge is 0.538 e. The first kappa shape index (κ1) is 6.80. The molecule has 0 saturated carbocycles. The van der Waals surface area contributed by atoms with Crippen LogP contribution in [0.4, 0.5) is 9.50 Å². The van der Waals surface area contributed by atoms with E-state index in [4.69, 9.17) is 0 Å². The Labute approximate surface area is 43.6 Å². The second-order valence-corrected chi connectivity index (χ2v) is 0.838. The van der Waals surface area contributed by atoms with Crippen LogP contribution in [-0.2, 0) is 9.57 Å².